The number of hydrogen-bond acceptors (Lipinski definition) is 2. The Balaban J connectivity index is 2.00. The number of benzene rings is 1. The number of rotatable bonds is 3. The molecule has 0 aliphatic carbocycles. The van der Waals surface area contributed by atoms with Crippen molar-refractivity contribution in [2.45, 2.75) is 19.4 Å². The molecule has 0 bridgehead atoms. The minimum atomic E-state index is -0.515. The Hall–Kier alpha value is -1.55. The normalized spacial score (nSPS) is 16.2. The third kappa shape index (κ3) is 2.97. The molecule has 1 aliphatic heterocycles. The molecule has 0 unspecified atom stereocenters. The van der Waals surface area contributed by atoms with Gasteiger partial charge >= 0.3 is 6.03 Å². The molecular weight excluding hydrogens is 202 g/mol. The van der Waals surface area contributed by atoms with Crippen molar-refractivity contribution in [2.24, 2.45) is 5.73 Å². The molecule has 1 aliphatic rings. The summed E-state index contributed by atoms with van der Waals surface area (Å²) in [7, 11) is 0. The summed E-state index contributed by atoms with van der Waals surface area (Å²) < 4.78 is 0. The predicted molar refractivity (Wildman–Crippen MR) is 64.2 cm³/mol. The van der Waals surface area contributed by atoms with E-state index in [9.17, 15) is 4.79 Å². The summed E-state index contributed by atoms with van der Waals surface area (Å²) in [5, 5.41) is 2.59. The van der Waals surface area contributed by atoms with E-state index in [1.807, 2.05) is 18.2 Å². The number of nitrogens with one attached hydrogen (secondary N) is 1. The van der Waals surface area contributed by atoms with E-state index < -0.39 is 6.03 Å². The van der Waals surface area contributed by atoms with Gasteiger partial charge in [-0.2, -0.15) is 0 Å². The van der Waals surface area contributed by atoms with Crippen LogP contribution in [0.25, 0.3) is 0 Å². The summed E-state index contributed by atoms with van der Waals surface area (Å²) in [6, 6.07) is 7.32. The fourth-order valence-corrected chi connectivity index (χ4v) is 2.09. The maximum absolute atomic E-state index is 10.7. The first-order valence-electron chi connectivity index (χ1n) is 5.62. The molecule has 3 N–H and O–H groups in total. The minimum absolute atomic E-state index is 0.515. The SMILES string of the molecule is NC(=O)Nc1cccc(CN2CCCC2)c1. The van der Waals surface area contributed by atoms with Gasteiger partial charge in [-0.15, -0.1) is 0 Å². The van der Waals surface area contributed by atoms with Crippen LogP contribution < -0.4 is 11.1 Å². The number of carbonyl (C=O) groups excluding carboxylic acids is 1. The summed E-state index contributed by atoms with van der Waals surface area (Å²) in [5.41, 5.74) is 7.06. The Morgan fingerprint density at radius 1 is 1.38 bits per heavy atom. The highest BCUT2D eigenvalue weighted by Crippen LogP contribution is 2.15. The van der Waals surface area contributed by atoms with Gasteiger partial charge in [0.25, 0.3) is 0 Å². The molecule has 0 spiro atoms. The predicted octanol–water partition coefficient (Wildman–Crippen LogP) is 1.77. The van der Waals surface area contributed by atoms with Crippen molar-refractivity contribution >= 4 is 11.7 Å². The lowest BCUT2D eigenvalue weighted by molar-refractivity contribution is 0.259. The minimum Gasteiger partial charge on any atom is -0.351 e. The van der Waals surface area contributed by atoms with Crippen LogP contribution in [0.3, 0.4) is 0 Å². The molecule has 1 saturated heterocycles. The molecule has 0 atom stereocenters. The second kappa shape index (κ2) is 4.99. The van der Waals surface area contributed by atoms with Gasteiger partial charge in [-0.3, -0.25) is 4.90 Å². The smallest absolute Gasteiger partial charge is 0.316 e. The van der Waals surface area contributed by atoms with Crippen LogP contribution >= 0.6 is 0 Å². The molecule has 1 aromatic carbocycles. The Labute approximate surface area is 95.4 Å². The van der Waals surface area contributed by atoms with E-state index >= 15 is 0 Å². The van der Waals surface area contributed by atoms with Crippen LogP contribution in [0.5, 0.6) is 0 Å². The summed E-state index contributed by atoms with van der Waals surface area (Å²) >= 11 is 0. The molecule has 0 saturated carbocycles. The van der Waals surface area contributed by atoms with E-state index in [0.717, 1.165) is 12.2 Å². The summed E-state index contributed by atoms with van der Waals surface area (Å²) in [6.07, 6.45) is 2.58. The summed E-state index contributed by atoms with van der Waals surface area (Å²) in [4.78, 5) is 13.1. The number of carbonyl (C=O) groups is 1. The number of nitrogens with zero attached hydrogens (tertiary/aromatic N) is 1. The second-order valence-electron chi connectivity index (χ2n) is 4.17. The topological polar surface area (TPSA) is 58.4 Å². The van der Waals surface area contributed by atoms with Gasteiger partial charge in [0, 0.05) is 12.2 Å². The summed E-state index contributed by atoms with van der Waals surface area (Å²) in [5.74, 6) is 0. The van der Waals surface area contributed by atoms with Gasteiger partial charge in [-0.25, -0.2) is 4.79 Å². The van der Waals surface area contributed by atoms with Gasteiger partial charge in [0.15, 0.2) is 0 Å². The average Bonchev–Trinajstić information content (AvgIpc) is 2.70. The van der Waals surface area contributed by atoms with Crippen LogP contribution in [-0.2, 0) is 6.54 Å². The lowest BCUT2D eigenvalue weighted by atomic mass is 10.2. The van der Waals surface area contributed by atoms with Gasteiger partial charge < -0.3 is 11.1 Å². The number of hydrogen-bond donors (Lipinski definition) is 2. The first kappa shape index (κ1) is 11.0. The van der Waals surface area contributed by atoms with E-state index in [1.54, 1.807) is 0 Å². The molecule has 1 fully saturated rings. The number of primary amides is 1. The van der Waals surface area contributed by atoms with Crippen LogP contribution in [0.15, 0.2) is 24.3 Å². The Bertz CT molecular complexity index is 372. The van der Waals surface area contributed by atoms with E-state index in [-0.39, 0.29) is 0 Å². The molecule has 4 nitrogen and oxygen atoms in total. The van der Waals surface area contributed by atoms with Crippen LogP contribution in [0.4, 0.5) is 10.5 Å². The standard InChI is InChI=1S/C12H17N3O/c13-12(16)14-11-5-3-4-10(8-11)9-15-6-1-2-7-15/h3-5,8H,1-2,6-7,9H2,(H3,13,14,16). The quantitative estimate of drug-likeness (QED) is 0.814. The highest BCUT2D eigenvalue weighted by molar-refractivity contribution is 5.87. The van der Waals surface area contributed by atoms with E-state index in [4.69, 9.17) is 5.73 Å². The largest absolute Gasteiger partial charge is 0.351 e. The Kier molecular flexibility index (Phi) is 3.41. The number of anilines is 1. The van der Waals surface area contributed by atoms with Crippen molar-refractivity contribution in [1.82, 2.24) is 4.90 Å². The highest BCUT2D eigenvalue weighted by atomic mass is 16.2. The monoisotopic (exact) mass is 219 g/mol. The zero-order chi connectivity index (χ0) is 11.4. The Morgan fingerprint density at radius 3 is 2.81 bits per heavy atom. The first-order valence-corrected chi connectivity index (χ1v) is 5.62. The maximum Gasteiger partial charge on any atom is 0.316 e. The lowest BCUT2D eigenvalue weighted by Crippen LogP contribution is -2.20. The van der Waals surface area contributed by atoms with Gasteiger partial charge in [0.1, 0.15) is 0 Å². The van der Waals surface area contributed by atoms with Crippen LogP contribution in [0.1, 0.15) is 18.4 Å². The fourth-order valence-electron chi connectivity index (χ4n) is 2.09. The molecule has 2 amide bonds. The number of likely N-dealkylation sites (tertiary alicyclic amines) is 1. The van der Waals surface area contributed by atoms with E-state index in [2.05, 4.69) is 16.3 Å². The van der Waals surface area contributed by atoms with Crippen molar-refractivity contribution in [3.05, 3.63) is 29.8 Å². The van der Waals surface area contributed by atoms with Crippen molar-refractivity contribution in [1.29, 1.82) is 0 Å². The molecule has 86 valence electrons. The summed E-state index contributed by atoms with van der Waals surface area (Å²) in [6.45, 7) is 3.30. The maximum atomic E-state index is 10.7. The molecule has 1 aromatic rings. The molecule has 4 heteroatoms. The van der Waals surface area contributed by atoms with Crippen molar-refractivity contribution in [3.63, 3.8) is 0 Å². The lowest BCUT2D eigenvalue weighted by Gasteiger charge is -2.15. The van der Waals surface area contributed by atoms with Crippen LogP contribution in [0.2, 0.25) is 0 Å². The number of nitrogens with two attached hydrogens (primary N) is 1. The van der Waals surface area contributed by atoms with Gasteiger partial charge in [0.2, 0.25) is 0 Å². The zero-order valence-corrected chi connectivity index (χ0v) is 9.28. The molecular formula is C12H17N3O. The van der Waals surface area contributed by atoms with Gasteiger partial charge in [-0.1, -0.05) is 12.1 Å². The second-order valence-corrected chi connectivity index (χ2v) is 4.17. The van der Waals surface area contributed by atoms with Crippen LogP contribution in [0, 0.1) is 0 Å². The molecule has 1 heterocycles. The zero-order valence-electron chi connectivity index (χ0n) is 9.28. The third-order valence-corrected chi connectivity index (χ3v) is 2.80. The molecule has 16 heavy (non-hydrogen) atoms. The average molecular weight is 219 g/mol. The van der Waals surface area contributed by atoms with Crippen molar-refractivity contribution in [3.8, 4) is 0 Å². The van der Waals surface area contributed by atoms with Crippen molar-refractivity contribution in [2.75, 3.05) is 18.4 Å². The number of urea groups is 1. The first-order chi connectivity index (χ1) is 7.74. The molecule has 2 rings (SSSR count). The third-order valence-electron chi connectivity index (χ3n) is 2.80. The highest BCUT2D eigenvalue weighted by Gasteiger charge is 2.11. The van der Waals surface area contributed by atoms with Gasteiger partial charge in [0.05, 0.1) is 0 Å². The van der Waals surface area contributed by atoms with Crippen molar-refractivity contribution < 1.29 is 4.79 Å². The molecule has 0 radical (unpaired) electrons. The van der Waals surface area contributed by atoms with E-state index in [1.165, 1.54) is 31.5 Å². The number of amides is 2. The van der Waals surface area contributed by atoms with E-state index in [0.29, 0.717) is 0 Å². The Morgan fingerprint density at radius 2 is 2.12 bits per heavy atom. The van der Waals surface area contributed by atoms with Gasteiger partial charge in [-0.05, 0) is 43.6 Å². The fraction of sp³-hybridized carbons (Fsp3) is 0.417. The van der Waals surface area contributed by atoms with Crippen LogP contribution in [-0.4, -0.2) is 24.0 Å². The molecule has 0 aromatic heterocycles.